The van der Waals surface area contributed by atoms with Crippen molar-refractivity contribution in [3.05, 3.63) is 32.6 Å². The van der Waals surface area contributed by atoms with E-state index in [1.54, 1.807) is 0 Å². The van der Waals surface area contributed by atoms with Gasteiger partial charge in [0, 0.05) is 12.6 Å². The maximum absolute atomic E-state index is 11.5. The van der Waals surface area contributed by atoms with Crippen LogP contribution in [0.4, 0.5) is 0 Å². The van der Waals surface area contributed by atoms with Crippen LogP contribution in [0.25, 0.3) is 0 Å². The summed E-state index contributed by atoms with van der Waals surface area (Å²) in [4.78, 5) is 41.9. The second kappa shape index (κ2) is 20.8. The average Bonchev–Trinajstić information content (AvgIpc) is 2.68. The molecule has 0 amide bonds. The van der Waals surface area contributed by atoms with Gasteiger partial charge >= 0.3 is 5.69 Å². The Balaban J connectivity index is 0.00000192. The molecule has 0 aliphatic carbocycles. The molecule has 0 bridgehead atoms. The molecule has 30 heavy (non-hydrogen) atoms. The van der Waals surface area contributed by atoms with Gasteiger partial charge in [0.2, 0.25) is 8.53 Å². The summed E-state index contributed by atoms with van der Waals surface area (Å²) < 4.78 is 0. The largest absolute Gasteiger partial charge is 0.338 e. The first-order valence-electron chi connectivity index (χ1n) is 11.2. The molecule has 1 aromatic rings. The summed E-state index contributed by atoms with van der Waals surface area (Å²) in [6.45, 7) is 2.27. The molecule has 1 rings (SSSR count). The normalized spacial score (nSPS) is 10.3. The van der Waals surface area contributed by atoms with Crippen molar-refractivity contribution in [2.24, 2.45) is 5.50 Å². The fraction of sp³-hybridized carbons (Fsp3) is 0.727. The van der Waals surface area contributed by atoms with Crippen LogP contribution in [0, 0.1) is 11.8 Å². The second-order valence-corrected chi connectivity index (χ2v) is 8.09. The molecule has 1 heterocycles. The van der Waals surface area contributed by atoms with Crippen molar-refractivity contribution in [3.8, 4) is 11.8 Å². The number of nitrogens with two attached hydrogens (primary N) is 1. The summed E-state index contributed by atoms with van der Waals surface area (Å²) in [5, 5.41) is 0. The summed E-state index contributed by atoms with van der Waals surface area (Å²) in [7, 11) is -2.12. The predicted octanol–water partition coefficient (Wildman–Crippen LogP) is 4.44. The van der Waals surface area contributed by atoms with Gasteiger partial charge in [-0.3, -0.25) is 15.3 Å². The van der Waals surface area contributed by atoms with Crippen LogP contribution in [0.2, 0.25) is 0 Å². The molecule has 0 unspecified atom stereocenters. The fourth-order valence-electron chi connectivity index (χ4n) is 3.07. The van der Waals surface area contributed by atoms with Crippen LogP contribution in [-0.4, -0.2) is 19.8 Å². The van der Waals surface area contributed by atoms with Crippen molar-refractivity contribution in [1.82, 2.24) is 9.97 Å². The van der Waals surface area contributed by atoms with Gasteiger partial charge < -0.3 is 14.8 Å². The number of aromatic amines is 2. The standard InChI is InChI=1S/C22H36N2O2.H4NO2P/c1-2-3-4-5-6-7-8-9-10-11-12-13-14-15-16-17-18-20-19-23-22(26)24-21(20)25;1-4(2)3/h19H,2-16H2,1H3,(H2,23,24,25,26);2-3H,1H2. The van der Waals surface area contributed by atoms with E-state index in [1.165, 1.54) is 89.7 Å². The molecule has 172 valence electrons. The molecule has 0 aromatic carbocycles. The van der Waals surface area contributed by atoms with E-state index in [2.05, 4.69) is 34.2 Å². The Labute approximate surface area is 181 Å². The van der Waals surface area contributed by atoms with Crippen LogP contribution in [0.3, 0.4) is 0 Å². The van der Waals surface area contributed by atoms with Gasteiger partial charge in [0.15, 0.2) is 0 Å². The molecule has 0 spiro atoms. The first-order chi connectivity index (χ1) is 14.5. The Kier molecular flexibility index (Phi) is 19.8. The highest BCUT2D eigenvalue weighted by Gasteiger charge is 1.95. The SMILES string of the molecule is CCCCCCCCCCCCCCCCC#Cc1c[nH]c(=O)[nH]c1=O.NP(O)O. The van der Waals surface area contributed by atoms with Crippen molar-refractivity contribution >= 4 is 8.53 Å². The number of aromatic nitrogens is 2. The molecular formula is C22H40N3O4P. The van der Waals surface area contributed by atoms with E-state index >= 15 is 0 Å². The van der Waals surface area contributed by atoms with E-state index in [-0.39, 0.29) is 0 Å². The van der Waals surface area contributed by atoms with Gasteiger partial charge in [0.25, 0.3) is 5.56 Å². The lowest BCUT2D eigenvalue weighted by Crippen LogP contribution is -2.23. The molecule has 0 saturated carbocycles. The van der Waals surface area contributed by atoms with E-state index in [0.717, 1.165) is 12.8 Å². The van der Waals surface area contributed by atoms with Crippen molar-refractivity contribution < 1.29 is 9.79 Å². The van der Waals surface area contributed by atoms with Crippen LogP contribution < -0.4 is 16.8 Å². The highest BCUT2D eigenvalue weighted by atomic mass is 31.2. The monoisotopic (exact) mass is 441 g/mol. The third kappa shape index (κ3) is 19.8. The zero-order chi connectivity index (χ0) is 22.5. The smallest absolute Gasteiger partial charge is 0.325 e. The molecule has 7 nitrogen and oxygen atoms in total. The third-order valence-electron chi connectivity index (χ3n) is 4.70. The lowest BCUT2D eigenvalue weighted by Gasteiger charge is -2.02. The fourth-order valence-corrected chi connectivity index (χ4v) is 3.07. The van der Waals surface area contributed by atoms with Crippen molar-refractivity contribution in [2.75, 3.05) is 0 Å². The molecule has 0 fully saturated rings. The minimum Gasteiger partial charge on any atom is -0.338 e. The molecule has 6 N–H and O–H groups in total. The zero-order valence-electron chi connectivity index (χ0n) is 18.4. The minimum atomic E-state index is -2.12. The Hall–Kier alpha value is -1.45. The molecular weight excluding hydrogens is 401 g/mol. The van der Waals surface area contributed by atoms with Crippen LogP contribution in [0.5, 0.6) is 0 Å². The molecule has 0 atom stereocenters. The number of rotatable bonds is 14. The van der Waals surface area contributed by atoms with E-state index in [9.17, 15) is 9.59 Å². The number of unbranched alkanes of at least 4 members (excludes halogenated alkanes) is 14. The van der Waals surface area contributed by atoms with E-state index in [0.29, 0.717) is 5.56 Å². The summed E-state index contributed by atoms with van der Waals surface area (Å²) in [6, 6.07) is 0. The van der Waals surface area contributed by atoms with Crippen LogP contribution in [-0.2, 0) is 0 Å². The summed E-state index contributed by atoms with van der Waals surface area (Å²) in [6.07, 6.45) is 21.0. The molecule has 0 radical (unpaired) electrons. The first-order valence-corrected chi connectivity index (χ1v) is 12.5. The lowest BCUT2D eigenvalue weighted by atomic mass is 10.0. The van der Waals surface area contributed by atoms with Crippen LogP contribution in [0.1, 0.15) is 109 Å². The predicted molar refractivity (Wildman–Crippen MR) is 125 cm³/mol. The quantitative estimate of drug-likeness (QED) is 0.165. The van der Waals surface area contributed by atoms with E-state index in [1.807, 2.05) is 0 Å². The van der Waals surface area contributed by atoms with Gasteiger partial charge in [0.05, 0.1) is 0 Å². The molecule has 8 heteroatoms. The van der Waals surface area contributed by atoms with Gasteiger partial charge in [-0.1, -0.05) is 102 Å². The molecule has 0 saturated heterocycles. The minimum absolute atomic E-state index is 0.329. The van der Waals surface area contributed by atoms with Gasteiger partial charge in [-0.25, -0.2) is 4.79 Å². The highest BCUT2D eigenvalue weighted by molar-refractivity contribution is 7.42. The van der Waals surface area contributed by atoms with E-state index in [4.69, 9.17) is 9.79 Å². The number of H-pyrrole nitrogens is 2. The number of hydrogen-bond donors (Lipinski definition) is 5. The van der Waals surface area contributed by atoms with Crippen LogP contribution >= 0.6 is 8.53 Å². The lowest BCUT2D eigenvalue weighted by molar-refractivity contribution is 0.485. The Bertz CT molecular complexity index is 689. The first kappa shape index (κ1) is 28.5. The summed E-state index contributed by atoms with van der Waals surface area (Å²) in [5.74, 6) is 5.84. The van der Waals surface area contributed by atoms with Crippen molar-refractivity contribution in [3.63, 3.8) is 0 Å². The number of nitrogens with one attached hydrogen (secondary N) is 2. The number of hydrogen-bond acceptors (Lipinski definition) is 5. The molecule has 1 aromatic heterocycles. The topological polar surface area (TPSA) is 132 Å². The van der Waals surface area contributed by atoms with Crippen molar-refractivity contribution in [2.45, 2.75) is 103 Å². The maximum atomic E-state index is 11.5. The maximum Gasteiger partial charge on any atom is 0.325 e. The molecule has 0 aliphatic heterocycles. The Morgan fingerprint density at radius 2 is 1.30 bits per heavy atom. The Morgan fingerprint density at radius 1 is 0.867 bits per heavy atom. The van der Waals surface area contributed by atoms with Gasteiger partial charge in [-0.05, 0) is 6.42 Å². The van der Waals surface area contributed by atoms with Crippen molar-refractivity contribution in [1.29, 1.82) is 0 Å². The van der Waals surface area contributed by atoms with Gasteiger partial charge in [0.1, 0.15) is 5.56 Å². The van der Waals surface area contributed by atoms with Gasteiger partial charge in [-0.15, -0.1) is 0 Å². The zero-order valence-corrected chi connectivity index (χ0v) is 19.3. The Morgan fingerprint density at radius 3 is 1.73 bits per heavy atom. The van der Waals surface area contributed by atoms with Gasteiger partial charge in [-0.2, -0.15) is 0 Å². The van der Waals surface area contributed by atoms with Crippen LogP contribution in [0.15, 0.2) is 15.8 Å². The second-order valence-electron chi connectivity index (χ2n) is 7.45. The van der Waals surface area contributed by atoms with E-state index < -0.39 is 19.8 Å². The summed E-state index contributed by atoms with van der Waals surface area (Å²) >= 11 is 0. The molecule has 0 aliphatic rings. The summed E-state index contributed by atoms with van der Waals surface area (Å²) in [5.41, 5.74) is 3.71. The average molecular weight is 442 g/mol. The third-order valence-corrected chi connectivity index (χ3v) is 4.70. The highest BCUT2D eigenvalue weighted by Crippen LogP contribution is 2.13.